The Hall–Kier alpha value is -0.260. The van der Waals surface area contributed by atoms with E-state index in [9.17, 15) is 4.79 Å². The van der Waals surface area contributed by atoms with E-state index >= 15 is 0 Å². The first-order valence-electron chi connectivity index (χ1n) is 5.59. The minimum Gasteiger partial charge on any atom is -0.465 e. The number of aliphatic hydroxyl groups excluding tert-OH is 1. The number of ether oxygens (including phenoxy) is 1. The van der Waals surface area contributed by atoms with Crippen LogP contribution in [0.3, 0.4) is 0 Å². The van der Waals surface area contributed by atoms with E-state index in [0.717, 1.165) is 0 Å². The molecule has 0 aromatic rings. The zero-order valence-corrected chi connectivity index (χ0v) is 11.4. The fourth-order valence-corrected chi connectivity index (χ4v) is 2.31. The van der Waals surface area contributed by atoms with Crippen LogP contribution in [0.4, 0.5) is 0 Å². The van der Waals surface area contributed by atoms with Gasteiger partial charge in [-0.25, -0.2) is 0 Å². The Kier molecular flexibility index (Phi) is 7.80. The third kappa shape index (κ3) is 5.72. The maximum Gasteiger partial charge on any atom is 0.326 e. The van der Waals surface area contributed by atoms with Crippen molar-refractivity contribution in [1.29, 1.82) is 0 Å². The topological polar surface area (TPSA) is 58.6 Å². The number of esters is 1. The lowest BCUT2D eigenvalue weighted by Crippen LogP contribution is -2.55. The summed E-state index contributed by atoms with van der Waals surface area (Å²) in [4.78, 5) is 11.8. The Morgan fingerprint density at radius 3 is 2.62 bits per heavy atom. The molecule has 2 N–H and O–H groups in total. The standard InChI is InChI=1S/C11H23NO3S/c1-5-15-10(14)11(4,12-9(2)3)8-16-7-6-13/h9,12-13H,5-8H2,1-4H3. The molecule has 0 saturated heterocycles. The highest BCUT2D eigenvalue weighted by Crippen LogP contribution is 2.16. The Bertz CT molecular complexity index is 211. The van der Waals surface area contributed by atoms with Crippen molar-refractivity contribution in [3.63, 3.8) is 0 Å². The Morgan fingerprint density at radius 2 is 2.19 bits per heavy atom. The molecule has 0 amide bonds. The highest BCUT2D eigenvalue weighted by molar-refractivity contribution is 7.99. The van der Waals surface area contributed by atoms with Gasteiger partial charge in [-0.3, -0.25) is 10.1 Å². The average Bonchev–Trinajstić information content (AvgIpc) is 2.17. The van der Waals surface area contributed by atoms with Gasteiger partial charge in [0.2, 0.25) is 0 Å². The SMILES string of the molecule is CCOC(=O)C(C)(CSCCO)NC(C)C. The summed E-state index contributed by atoms with van der Waals surface area (Å²) in [6.45, 7) is 8.15. The fraction of sp³-hybridized carbons (Fsp3) is 0.909. The van der Waals surface area contributed by atoms with Crippen molar-refractivity contribution in [2.24, 2.45) is 0 Å². The highest BCUT2D eigenvalue weighted by atomic mass is 32.2. The lowest BCUT2D eigenvalue weighted by atomic mass is 10.0. The van der Waals surface area contributed by atoms with Gasteiger partial charge in [0.15, 0.2) is 0 Å². The van der Waals surface area contributed by atoms with Crippen LogP contribution in [0.2, 0.25) is 0 Å². The monoisotopic (exact) mass is 249 g/mol. The molecular formula is C11H23NO3S. The molecule has 96 valence electrons. The minimum atomic E-state index is -0.677. The van der Waals surface area contributed by atoms with E-state index < -0.39 is 5.54 Å². The van der Waals surface area contributed by atoms with Crippen molar-refractivity contribution in [2.45, 2.75) is 39.3 Å². The van der Waals surface area contributed by atoms with Gasteiger partial charge in [-0.2, -0.15) is 11.8 Å². The van der Waals surface area contributed by atoms with E-state index in [1.165, 1.54) is 0 Å². The predicted octanol–water partition coefficient (Wildman–Crippen LogP) is 1.03. The van der Waals surface area contributed by atoms with E-state index in [4.69, 9.17) is 9.84 Å². The smallest absolute Gasteiger partial charge is 0.326 e. The molecule has 0 aliphatic rings. The number of rotatable bonds is 8. The normalized spacial score (nSPS) is 14.9. The number of thioether (sulfide) groups is 1. The molecule has 0 radical (unpaired) electrons. The second kappa shape index (κ2) is 7.92. The van der Waals surface area contributed by atoms with Gasteiger partial charge in [-0.05, 0) is 27.7 Å². The molecule has 0 fully saturated rings. The van der Waals surface area contributed by atoms with Gasteiger partial charge >= 0.3 is 5.97 Å². The fourth-order valence-electron chi connectivity index (χ4n) is 1.43. The number of hydrogen-bond acceptors (Lipinski definition) is 5. The van der Waals surface area contributed by atoms with Gasteiger partial charge in [-0.1, -0.05) is 0 Å². The molecule has 4 nitrogen and oxygen atoms in total. The maximum atomic E-state index is 11.8. The van der Waals surface area contributed by atoms with Crippen molar-refractivity contribution in [3.8, 4) is 0 Å². The molecule has 0 aliphatic carbocycles. The van der Waals surface area contributed by atoms with Crippen LogP contribution in [0, 0.1) is 0 Å². The van der Waals surface area contributed by atoms with Gasteiger partial charge in [0, 0.05) is 17.5 Å². The Labute approximate surface area is 102 Å². The first-order chi connectivity index (χ1) is 7.46. The van der Waals surface area contributed by atoms with E-state index in [-0.39, 0.29) is 18.6 Å². The number of aliphatic hydroxyl groups is 1. The van der Waals surface area contributed by atoms with Crippen LogP contribution in [-0.2, 0) is 9.53 Å². The molecule has 0 saturated carbocycles. The molecule has 0 aromatic carbocycles. The second-order valence-electron chi connectivity index (χ2n) is 4.13. The lowest BCUT2D eigenvalue weighted by Gasteiger charge is -2.30. The first-order valence-corrected chi connectivity index (χ1v) is 6.75. The summed E-state index contributed by atoms with van der Waals surface area (Å²) in [6, 6.07) is 0.212. The molecule has 1 atom stereocenters. The highest BCUT2D eigenvalue weighted by Gasteiger charge is 2.34. The maximum absolute atomic E-state index is 11.8. The van der Waals surface area contributed by atoms with Gasteiger partial charge < -0.3 is 9.84 Å². The molecule has 0 spiro atoms. The number of hydrogen-bond donors (Lipinski definition) is 2. The summed E-state index contributed by atoms with van der Waals surface area (Å²) in [5, 5.41) is 12.0. The number of carbonyl (C=O) groups is 1. The zero-order chi connectivity index (χ0) is 12.6. The Balaban J connectivity index is 4.40. The summed E-state index contributed by atoms with van der Waals surface area (Å²) in [5.41, 5.74) is -0.677. The van der Waals surface area contributed by atoms with Crippen LogP contribution in [0.15, 0.2) is 0 Å². The van der Waals surface area contributed by atoms with E-state index in [1.807, 2.05) is 20.8 Å². The van der Waals surface area contributed by atoms with Crippen molar-refractivity contribution < 1.29 is 14.6 Å². The molecule has 16 heavy (non-hydrogen) atoms. The lowest BCUT2D eigenvalue weighted by molar-refractivity contribution is -0.149. The van der Waals surface area contributed by atoms with E-state index in [1.54, 1.807) is 18.7 Å². The van der Waals surface area contributed by atoms with E-state index in [2.05, 4.69) is 5.32 Å². The third-order valence-electron chi connectivity index (χ3n) is 1.96. The third-order valence-corrected chi connectivity index (χ3v) is 3.21. The summed E-state index contributed by atoms with van der Waals surface area (Å²) >= 11 is 1.54. The quantitative estimate of drug-likeness (QED) is 0.497. The summed E-state index contributed by atoms with van der Waals surface area (Å²) in [5.74, 6) is 1.01. The van der Waals surface area contributed by atoms with Crippen molar-refractivity contribution in [1.82, 2.24) is 5.32 Å². The summed E-state index contributed by atoms with van der Waals surface area (Å²) < 4.78 is 5.06. The van der Waals surface area contributed by atoms with Crippen LogP contribution in [0.1, 0.15) is 27.7 Å². The average molecular weight is 249 g/mol. The van der Waals surface area contributed by atoms with Crippen molar-refractivity contribution in [2.75, 3.05) is 24.7 Å². The first kappa shape index (κ1) is 15.7. The predicted molar refractivity (Wildman–Crippen MR) is 67.7 cm³/mol. The molecule has 0 aromatic heterocycles. The number of nitrogens with one attached hydrogen (secondary N) is 1. The number of carbonyl (C=O) groups excluding carboxylic acids is 1. The zero-order valence-electron chi connectivity index (χ0n) is 10.6. The molecule has 1 unspecified atom stereocenters. The van der Waals surface area contributed by atoms with Gasteiger partial charge in [-0.15, -0.1) is 0 Å². The minimum absolute atomic E-state index is 0.130. The molecule has 0 bridgehead atoms. The largest absolute Gasteiger partial charge is 0.465 e. The van der Waals surface area contributed by atoms with Gasteiger partial charge in [0.05, 0.1) is 13.2 Å². The van der Waals surface area contributed by atoms with Crippen LogP contribution >= 0.6 is 11.8 Å². The summed E-state index contributed by atoms with van der Waals surface area (Å²) in [6.07, 6.45) is 0. The molecule has 0 heterocycles. The van der Waals surface area contributed by atoms with E-state index in [0.29, 0.717) is 18.1 Å². The molecule has 5 heteroatoms. The Morgan fingerprint density at radius 1 is 1.56 bits per heavy atom. The van der Waals surface area contributed by atoms with Crippen molar-refractivity contribution >= 4 is 17.7 Å². The molecular weight excluding hydrogens is 226 g/mol. The van der Waals surface area contributed by atoms with Crippen LogP contribution in [0.5, 0.6) is 0 Å². The van der Waals surface area contributed by atoms with Crippen molar-refractivity contribution in [3.05, 3.63) is 0 Å². The summed E-state index contributed by atoms with van der Waals surface area (Å²) in [7, 11) is 0. The van der Waals surface area contributed by atoms with Gasteiger partial charge in [0.1, 0.15) is 5.54 Å². The second-order valence-corrected chi connectivity index (χ2v) is 5.23. The van der Waals surface area contributed by atoms with Gasteiger partial charge in [0.25, 0.3) is 0 Å². The molecule has 0 rings (SSSR count). The van der Waals surface area contributed by atoms with Crippen LogP contribution in [-0.4, -0.2) is 47.4 Å². The van der Waals surface area contributed by atoms with Crippen LogP contribution < -0.4 is 5.32 Å². The van der Waals surface area contributed by atoms with Crippen LogP contribution in [0.25, 0.3) is 0 Å². The molecule has 0 aliphatic heterocycles.